The number of Topliss-reactive ketones (excluding diaryl/α,β-unsaturated/α-hetero) is 1. The second kappa shape index (κ2) is 7.66. The molecule has 1 atom stereocenters. The van der Waals surface area contributed by atoms with E-state index in [9.17, 15) is 4.79 Å². The van der Waals surface area contributed by atoms with Crippen molar-refractivity contribution in [3.63, 3.8) is 0 Å². The molecule has 0 aromatic heterocycles. The molecule has 1 fully saturated rings. The molecule has 0 saturated carbocycles. The summed E-state index contributed by atoms with van der Waals surface area (Å²) in [7, 11) is 0. The summed E-state index contributed by atoms with van der Waals surface area (Å²) < 4.78 is 0. The number of benzene rings is 3. The number of hydrogen-bond donors (Lipinski definition) is 0. The Bertz CT molecular complexity index is 975. The normalized spacial score (nSPS) is 17.5. The molecule has 0 radical (unpaired) electrons. The van der Waals surface area contributed by atoms with Crippen molar-refractivity contribution in [3.8, 4) is 11.1 Å². The maximum atomic E-state index is 11.7. The van der Waals surface area contributed by atoms with Crippen LogP contribution in [0.4, 0.5) is 0 Å². The molecular formula is C25H27NO. The predicted molar refractivity (Wildman–Crippen MR) is 113 cm³/mol. The first kappa shape index (κ1) is 17.9. The van der Waals surface area contributed by atoms with Crippen LogP contribution < -0.4 is 0 Å². The number of nitrogens with zero attached hydrogens (tertiary/aromatic N) is 1. The lowest BCUT2D eigenvalue weighted by molar-refractivity contribution is 0.101. The van der Waals surface area contributed by atoms with Crippen molar-refractivity contribution in [1.82, 2.24) is 4.90 Å². The Hall–Kier alpha value is -2.45. The SMILES string of the molecule is CC(=O)c1cccc(-c2ccc3cc(CCN4CCC[C@H]4C)ccc3c2)c1. The van der Waals surface area contributed by atoms with E-state index in [1.807, 2.05) is 18.2 Å². The summed E-state index contributed by atoms with van der Waals surface area (Å²) in [5.74, 6) is 0.106. The Kier molecular flexibility index (Phi) is 5.09. The molecule has 1 aliphatic heterocycles. The molecule has 0 bridgehead atoms. The summed E-state index contributed by atoms with van der Waals surface area (Å²) in [5, 5.41) is 2.53. The van der Waals surface area contributed by atoms with Crippen molar-refractivity contribution in [2.24, 2.45) is 0 Å². The molecule has 0 N–H and O–H groups in total. The van der Waals surface area contributed by atoms with Crippen molar-refractivity contribution < 1.29 is 4.79 Å². The fraction of sp³-hybridized carbons (Fsp3) is 0.320. The van der Waals surface area contributed by atoms with Crippen molar-refractivity contribution >= 4 is 16.6 Å². The largest absolute Gasteiger partial charge is 0.300 e. The van der Waals surface area contributed by atoms with E-state index < -0.39 is 0 Å². The van der Waals surface area contributed by atoms with Crippen molar-refractivity contribution in [3.05, 3.63) is 71.8 Å². The van der Waals surface area contributed by atoms with E-state index in [1.165, 1.54) is 35.7 Å². The number of rotatable bonds is 5. The minimum Gasteiger partial charge on any atom is -0.300 e. The van der Waals surface area contributed by atoms with Gasteiger partial charge in [0.05, 0.1) is 0 Å². The number of carbonyl (C=O) groups is 1. The van der Waals surface area contributed by atoms with Gasteiger partial charge in [-0.1, -0.05) is 48.5 Å². The standard InChI is InChI=1S/C25H27NO/c1-18-5-4-13-26(18)14-12-20-8-9-24-17-25(11-10-23(24)15-20)22-7-3-6-21(16-22)19(2)27/h3,6-11,15-18H,4-5,12-14H2,1-2H3/t18-/m1/s1. The molecule has 2 heteroatoms. The monoisotopic (exact) mass is 357 g/mol. The highest BCUT2D eigenvalue weighted by molar-refractivity contribution is 5.96. The highest BCUT2D eigenvalue weighted by Crippen LogP contribution is 2.26. The molecule has 0 unspecified atom stereocenters. The quantitative estimate of drug-likeness (QED) is 0.543. The first-order valence-corrected chi connectivity index (χ1v) is 9.98. The van der Waals surface area contributed by atoms with E-state index >= 15 is 0 Å². The molecule has 27 heavy (non-hydrogen) atoms. The van der Waals surface area contributed by atoms with Gasteiger partial charge in [-0.05, 0) is 79.3 Å². The minimum atomic E-state index is 0.106. The molecule has 138 valence electrons. The summed E-state index contributed by atoms with van der Waals surface area (Å²) in [6, 6.07) is 22.0. The lowest BCUT2D eigenvalue weighted by Gasteiger charge is -2.20. The van der Waals surface area contributed by atoms with Gasteiger partial charge in [0.15, 0.2) is 5.78 Å². The lowest BCUT2D eigenvalue weighted by Crippen LogP contribution is -2.28. The Balaban J connectivity index is 1.55. The van der Waals surface area contributed by atoms with Gasteiger partial charge in [0.25, 0.3) is 0 Å². The van der Waals surface area contributed by atoms with Crippen LogP contribution >= 0.6 is 0 Å². The van der Waals surface area contributed by atoms with Gasteiger partial charge < -0.3 is 4.90 Å². The summed E-state index contributed by atoms with van der Waals surface area (Å²) in [6.07, 6.45) is 3.79. The van der Waals surface area contributed by atoms with E-state index in [4.69, 9.17) is 0 Å². The smallest absolute Gasteiger partial charge is 0.159 e. The average molecular weight is 357 g/mol. The van der Waals surface area contributed by atoms with Crippen molar-refractivity contribution in [2.75, 3.05) is 13.1 Å². The Labute approximate surface area is 161 Å². The van der Waals surface area contributed by atoms with Gasteiger partial charge in [-0.3, -0.25) is 4.79 Å². The fourth-order valence-corrected chi connectivity index (χ4v) is 4.15. The topological polar surface area (TPSA) is 20.3 Å². The molecule has 4 rings (SSSR count). The molecule has 1 heterocycles. The number of likely N-dealkylation sites (tertiary alicyclic amines) is 1. The van der Waals surface area contributed by atoms with Crippen LogP contribution in [0.2, 0.25) is 0 Å². The van der Waals surface area contributed by atoms with E-state index in [0.717, 1.165) is 35.7 Å². The van der Waals surface area contributed by atoms with E-state index in [-0.39, 0.29) is 5.78 Å². The van der Waals surface area contributed by atoms with Crippen LogP contribution in [-0.4, -0.2) is 29.8 Å². The van der Waals surface area contributed by atoms with Gasteiger partial charge in [-0.2, -0.15) is 0 Å². The number of fused-ring (bicyclic) bond motifs is 1. The molecule has 2 nitrogen and oxygen atoms in total. The molecule has 3 aromatic carbocycles. The molecular weight excluding hydrogens is 330 g/mol. The summed E-state index contributed by atoms with van der Waals surface area (Å²) in [6.45, 7) is 6.36. The van der Waals surface area contributed by atoms with Crippen LogP contribution in [0, 0.1) is 0 Å². The molecule has 0 aliphatic carbocycles. The Morgan fingerprint density at radius 3 is 2.56 bits per heavy atom. The van der Waals surface area contributed by atoms with Crippen LogP contribution in [0.15, 0.2) is 60.7 Å². The molecule has 3 aromatic rings. The highest BCUT2D eigenvalue weighted by atomic mass is 16.1. The average Bonchev–Trinajstić information content (AvgIpc) is 3.10. The van der Waals surface area contributed by atoms with Crippen molar-refractivity contribution in [1.29, 1.82) is 0 Å². The van der Waals surface area contributed by atoms with Crippen LogP contribution in [0.25, 0.3) is 21.9 Å². The zero-order chi connectivity index (χ0) is 18.8. The molecule has 0 amide bonds. The second-order valence-electron chi connectivity index (χ2n) is 7.81. The molecule has 1 aliphatic rings. The van der Waals surface area contributed by atoms with Crippen LogP contribution in [0.3, 0.4) is 0 Å². The predicted octanol–water partition coefficient (Wildman–Crippen LogP) is 5.74. The first-order valence-electron chi connectivity index (χ1n) is 9.98. The van der Waals surface area contributed by atoms with Gasteiger partial charge in [-0.15, -0.1) is 0 Å². The zero-order valence-corrected chi connectivity index (χ0v) is 16.2. The van der Waals surface area contributed by atoms with Gasteiger partial charge in [-0.25, -0.2) is 0 Å². The van der Waals surface area contributed by atoms with Crippen LogP contribution in [0.5, 0.6) is 0 Å². The highest BCUT2D eigenvalue weighted by Gasteiger charge is 2.19. The zero-order valence-electron chi connectivity index (χ0n) is 16.2. The molecule has 0 spiro atoms. The lowest BCUT2D eigenvalue weighted by atomic mass is 9.97. The summed E-state index contributed by atoms with van der Waals surface area (Å²) in [4.78, 5) is 14.3. The fourth-order valence-electron chi connectivity index (χ4n) is 4.15. The third kappa shape index (κ3) is 3.96. The summed E-state index contributed by atoms with van der Waals surface area (Å²) in [5.41, 5.74) is 4.42. The maximum Gasteiger partial charge on any atom is 0.159 e. The second-order valence-corrected chi connectivity index (χ2v) is 7.81. The van der Waals surface area contributed by atoms with Gasteiger partial charge in [0.2, 0.25) is 0 Å². The van der Waals surface area contributed by atoms with Crippen molar-refractivity contribution in [2.45, 2.75) is 39.2 Å². The third-order valence-electron chi connectivity index (χ3n) is 5.89. The number of hydrogen-bond acceptors (Lipinski definition) is 2. The third-order valence-corrected chi connectivity index (χ3v) is 5.89. The van der Waals surface area contributed by atoms with E-state index in [2.05, 4.69) is 54.3 Å². The van der Waals surface area contributed by atoms with E-state index in [0.29, 0.717) is 0 Å². The van der Waals surface area contributed by atoms with E-state index in [1.54, 1.807) is 6.92 Å². The minimum absolute atomic E-state index is 0.106. The number of ketones is 1. The van der Waals surface area contributed by atoms with Crippen LogP contribution in [-0.2, 0) is 6.42 Å². The Morgan fingerprint density at radius 2 is 1.78 bits per heavy atom. The first-order chi connectivity index (χ1) is 13.1. The number of carbonyl (C=O) groups excluding carboxylic acids is 1. The van der Waals surface area contributed by atoms with Gasteiger partial charge in [0, 0.05) is 18.2 Å². The van der Waals surface area contributed by atoms with Crippen LogP contribution in [0.1, 0.15) is 42.6 Å². The maximum absolute atomic E-state index is 11.7. The molecule has 1 saturated heterocycles. The van der Waals surface area contributed by atoms with Gasteiger partial charge >= 0.3 is 0 Å². The summed E-state index contributed by atoms with van der Waals surface area (Å²) >= 11 is 0. The Morgan fingerprint density at radius 1 is 1.00 bits per heavy atom. The van der Waals surface area contributed by atoms with Gasteiger partial charge in [0.1, 0.15) is 0 Å².